The summed E-state index contributed by atoms with van der Waals surface area (Å²) in [5.41, 5.74) is 0.743. The van der Waals surface area contributed by atoms with E-state index in [1.807, 2.05) is 0 Å². The van der Waals surface area contributed by atoms with E-state index >= 15 is 0 Å². The van der Waals surface area contributed by atoms with Crippen LogP contribution in [0.2, 0.25) is 0 Å². The highest BCUT2D eigenvalue weighted by atomic mass is 35.5. The van der Waals surface area contributed by atoms with E-state index in [1.165, 1.54) is 0 Å². The van der Waals surface area contributed by atoms with Crippen LogP contribution in [0.3, 0.4) is 0 Å². The summed E-state index contributed by atoms with van der Waals surface area (Å²) in [6.07, 6.45) is 3.20. The Morgan fingerprint density at radius 2 is 2.18 bits per heavy atom. The molecule has 1 heterocycles. The fourth-order valence-electron chi connectivity index (χ4n) is 0.667. The number of aromatic nitrogens is 1. The summed E-state index contributed by atoms with van der Waals surface area (Å²) in [6, 6.07) is 1.75. The molecule has 0 fully saturated rings. The van der Waals surface area contributed by atoms with Crippen LogP contribution in [-0.4, -0.2) is 12.1 Å². The van der Waals surface area contributed by atoms with Gasteiger partial charge in [-0.3, -0.25) is 4.98 Å². The normalized spacial score (nSPS) is 10.2. The van der Waals surface area contributed by atoms with Gasteiger partial charge in [0.05, 0.1) is 13.3 Å². The van der Waals surface area contributed by atoms with Gasteiger partial charge in [0.2, 0.25) is 0 Å². The second-order valence-electron chi connectivity index (χ2n) is 1.96. The number of ether oxygens (including phenoxy) is 1. The van der Waals surface area contributed by atoms with Gasteiger partial charge in [0.1, 0.15) is 10.6 Å². The van der Waals surface area contributed by atoms with Crippen molar-refractivity contribution in [1.29, 1.82) is 0 Å². The van der Waals surface area contributed by atoms with Crippen LogP contribution in [0.4, 0.5) is 0 Å². The predicted octanol–water partition coefficient (Wildman–Crippen LogP) is 2.57. The first-order valence-electron chi connectivity index (χ1n) is 3.01. The van der Waals surface area contributed by atoms with Gasteiger partial charge < -0.3 is 4.74 Å². The zero-order valence-corrected chi connectivity index (χ0v) is 7.43. The van der Waals surface area contributed by atoms with Crippen molar-refractivity contribution in [3.63, 3.8) is 0 Å². The van der Waals surface area contributed by atoms with E-state index in [9.17, 15) is 0 Å². The maximum absolute atomic E-state index is 5.60. The molecule has 0 N–H and O–H groups in total. The van der Waals surface area contributed by atoms with Gasteiger partial charge in [-0.25, -0.2) is 0 Å². The Labute approximate surface area is 75.1 Å². The van der Waals surface area contributed by atoms with Gasteiger partial charge in [-0.15, -0.1) is 0 Å². The molecule has 4 heteroatoms. The van der Waals surface area contributed by atoms with Crippen LogP contribution in [0, 0.1) is 0 Å². The van der Waals surface area contributed by atoms with Gasteiger partial charge >= 0.3 is 0 Å². The van der Waals surface area contributed by atoms with Crippen molar-refractivity contribution in [3.8, 4) is 5.75 Å². The standard InChI is InChI=1S/C7H7Cl2NO/c1-11-6-2-5(7(8)9)3-10-4-6/h2-4,7H,1H3. The Morgan fingerprint density at radius 3 is 2.73 bits per heavy atom. The summed E-state index contributed by atoms with van der Waals surface area (Å²) in [5, 5.41) is 0. The van der Waals surface area contributed by atoms with Gasteiger partial charge in [-0.1, -0.05) is 23.2 Å². The van der Waals surface area contributed by atoms with E-state index < -0.39 is 4.84 Å². The molecule has 0 aromatic carbocycles. The number of methoxy groups -OCH3 is 1. The molecular weight excluding hydrogens is 185 g/mol. The molecule has 0 spiro atoms. The summed E-state index contributed by atoms with van der Waals surface area (Å²) in [5.74, 6) is 0.661. The molecule has 0 atom stereocenters. The van der Waals surface area contributed by atoms with Crippen LogP contribution in [-0.2, 0) is 0 Å². The lowest BCUT2D eigenvalue weighted by Gasteiger charge is -2.02. The lowest BCUT2D eigenvalue weighted by molar-refractivity contribution is 0.412. The molecule has 0 saturated heterocycles. The number of halogens is 2. The Kier molecular flexibility index (Phi) is 2.97. The Bertz CT molecular complexity index is 240. The molecule has 2 nitrogen and oxygen atoms in total. The molecule has 1 rings (SSSR count). The quantitative estimate of drug-likeness (QED) is 0.671. The number of alkyl halides is 2. The number of pyridine rings is 1. The van der Waals surface area contributed by atoms with Crippen LogP contribution in [0.1, 0.15) is 10.4 Å². The Hall–Kier alpha value is -0.470. The van der Waals surface area contributed by atoms with Crippen molar-refractivity contribution >= 4 is 23.2 Å². The molecule has 0 radical (unpaired) electrons. The minimum absolute atomic E-state index is 0.544. The van der Waals surface area contributed by atoms with Crippen molar-refractivity contribution in [2.24, 2.45) is 0 Å². The molecule has 0 saturated carbocycles. The smallest absolute Gasteiger partial charge is 0.137 e. The number of rotatable bonds is 2. The van der Waals surface area contributed by atoms with Gasteiger partial charge in [0.25, 0.3) is 0 Å². The summed E-state index contributed by atoms with van der Waals surface area (Å²) in [6.45, 7) is 0. The molecule has 0 aliphatic carbocycles. The zero-order valence-electron chi connectivity index (χ0n) is 5.92. The predicted molar refractivity (Wildman–Crippen MR) is 45.2 cm³/mol. The van der Waals surface area contributed by atoms with Crippen molar-refractivity contribution in [2.45, 2.75) is 4.84 Å². The van der Waals surface area contributed by atoms with Gasteiger partial charge in [-0.2, -0.15) is 0 Å². The van der Waals surface area contributed by atoms with Gasteiger partial charge in [0, 0.05) is 11.8 Å². The number of hydrogen-bond donors (Lipinski definition) is 0. The van der Waals surface area contributed by atoms with Crippen LogP contribution < -0.4 is 4.74 Å². The third kappa shape index (κ3) is 2.24. The number of hydrogen-bond acceptors (Lipinski definition) is 2. The molecule has 0 aliphatic heterocycles. The molecule has 1 aromatic heterocycles. The number of nitrogens with zero attached hydrogens (tertiary/aromatic N) is 1. The molecule has 0 bridgehead atoms. The fourth-order valence-corrected chi connectivity index (χ4v) is 0.905. The Morgan fingerprint density at radius 1 is 1.45 bits per heavy atom. The van der Waals surface area contributed by atoms with E-state index in [4.69, 9.17) is 27.9 Å². The zero-order chi connectivity index (χ0) is 8.27. The monoisotopic (exact) mass is 191 g/mol. The summed E-state index contributed by atoms with van der Waals surface area (Å²) < 4.78 is 4.93. The van der Waals surface area contributed by atoms with Crippen LogP contribution >= 0.6 is 23.2 Å². The van der Waals surface area contributed by atoms with Crippen molar-refractivity contribution in [1.82, 2.24) is 4.98 Å². The molecule has 0 aliphatic rings. The first-order valence-corrected chi connectivity index (χ1v) is 3.88. The van der Waals surface area contributed by atoms with Crippen LogP contribution in [0.15, 0.2) is 18.5 Å². The van der Waals surface area contributed by atoms with E-state index in [-0.39, 0.29) is 0 Å². The molecule has 0 amide bonds. The molecule has 1 aromatic rings. The van der Waals surface area contributed by atoms with Crippen molar-refractivity contribution in [2.75, 3.05) is 7.11 Å². The average Bonchev–Trinajstić information content (AvgIpc) is 2.05. The van der Waals surface area contributed by atoms with E-state index in [0.29, 0.717) is 5.75 Å². The van der Waals surface area contributed by atoms with Crippen LogP contribution in [0.5, 0.6) is 5.75 Å². The molecule has 60 valence electrons. The molecule has 0 unspecified atom stereocenters. The summed E-state index contributed by atoms with van der Waals surface area (Å²) in [4.78, 5) is 3.34. The fraction of sp³-hybridized carbons (Fsp3) is 0.286. The second-order valence-corrected chi connectivity index (χ2v) is 3.06. The minimum atomic E-state index is -0.544. The average molecular weight is 192 g/mol. The first kappa shape index (κ1) is 8.62. The maximum atomic E-state index is 5.60. The highest BCUT2D eigenvalue weighted by Gasteiger charge is 2.03. The van der Waals surface area contributed by atoms with Crippen LogP contribution in [0.25, 0.3) is 0 Å². The largest absolute Gasteiger partial charge is 0.495 e. The Balaban J connectivity index is 2.91. The van der Waals surface area contributed by atoms with Crippen molar-refractivity contribution in [3.05, 3.63) is 24.0 Å². The minimum Gasteiger partial charge on any atom is -0.495 e. The van der Waals surface area contributed by atoms with E-state index in [0.717, 1.165) is 5.56 Å². The highest BCUT2D eigenvalue weighted by Crippen LogP contribution is 2.25. The third-order valence-corrected chi connectivity index (χ3v) is 1.73. The molecule has 11 heavy (non-hydrogen) atoms. The van der Waals surface area contributed by atoms with Crippen molar-refractivity contribution < 1.29 is 4.74 Å². The van der Waals surface area contributed by atoms with Gasteiger partial charge in [0.15, 0.2) is 0 Å². The highest BCUT2D eigenvalue weighted by molar-refractivity contribution is 6.44. The first-order chi connectivity index (χ1) is 5.24. The van der Waals surface area contributed by atoms with E-state index in [1.54, 1.807) is 25.6 Å². The summed E-state index contributed by atoms with van der Waals surface area (Å²) in [7, 11) is 1.57. The molecular formula is C7H7Cl2NO. The van der Waals surface area contributed by atoms with Gasteiger partial charge in [-0.05, 0) is 6.07 Å². The third-order valence-electron chi connectivity index (χ3n) is 1.22. The topological polar surface area (TPSA) is 22.1 Å². The summed E-state index contributed by atoms with van der Waals surface area (Å²) >= 11 is 11.2. The SMILES string of the molecule is COc1cncc(C(Cl)Cl)c1. The van der Waals surface area contributed by atoms with E-state index in [2.05, 4.69) is 4.98 Å². The second kappa shape index (κ2) is 3.79. The lowest BCUT2D eigenvalue weighted by Crippen LogP contribution is -1.88. The maximum Gasteiger partial charge on any atom is 0.137 e. The lowest BCUT2D eigenvalue weighted by atomic mass is 10.3.